The summed E-state index contributed by atoms with van der Waals surface area (Å²) < 4.78 is 5.96. The van der Waals surface area contributed by atoms with Gasteiger partial charge in [0.1, 0.15) is 0 Å². The van der Waals surface area contributed by atoms with E-state index < -0.39 is 0 Å². The van der Waals surface area contributed by atoms with Crippen molar-refractivity contribution < 1.29 is 9.84 Å². The molecule has 4 rings (SSSR count). The Bertz CT molecular complexity index is 753. The van der Waals surface area contributed by atoms with Gasteiger partial charge >= 0.3 is 0 Å². The first-order valence-electron chi connectivity index (χ1n) is 9.08. The molecule has 0 amide bonds. The molecule has 1 saturated heterocycles. The van der Waals surface area contributed by atoms with Gasteiger partial charge in [-0.3, -0.25) is 4.90 Å². The maximum atomic E-state index is 10.2. The zero-order valence-corrected chi connectivity index (χ0v) is 14.9. The van der Waals surface area contributed by atoms with E-state index >= 15 is 0 Å². The molecular weight excluding hydrogens is 300 g/mol. The van der Waals surface area contributed by atoms with E-state index in [0.717, 1.165) is 38.8 Å². The van der Waals surface area contributed by atoms with Gasteiger partial charge in [-0.25, -0.2) is 0 Å². The predicted octanol–water partition coefficient (Wildman–Crippen LogP) is 3.29. The molecule has 0 unspecified atom stereocenters. The molecule has 1 aliphatic carbocycles. The summed E-state index contributed by atoms with van der Waals surface area (Å²) in [5, 5.41) is 11.5. The van der Waals surface area contributed by atoms with E-state index in [4.69, 9.17) is 4.74 Å². The fourth-order valence-electron chi connectivity index (χ4n) is 4.87. The van der Waals surface area contributed by atoms with E-state index in [1.165, 1.54) is 27.7 Å². The number of fused-ring (bicyclic) bond motifs is 2. The summed E-state index contributed by atoms with van der Waals surface area (Å²) in [4.78, 5) is 6.16. The third-order valence-electron chi connectivity index (χ3n) is 6.44. The van der Waals surface area contributed by atoms with Crippen molar-refractivity contribution in [1.29, 1.82) is 0 Å². The summed E-state index contributed by atoms with van der Waals surface area (Å²) in [5.41, 5.74) is 5.13. The van der Waals surface area contributed by atoms with Crippen LogP contribution in [0.4, 0.5) is 0 Å². The van der Waals surface area contributed by atoms with Gasteiger partial charge in [-0.2, -0.15) is 0 Å². The SMILES string of the molecule is CO[C@@]12CC[C@H](O)C[C@@H]1N(Cc1[nH]c3c(C)cccc3c1C)CC2. The lowest BCUT2D eigenvalue weighted by Crippen LogP contribution is -2.51. The van der Waals surface area contributed by atoms with Crippen LogP contribution < -0.4 is 0 Å². The first kappa shape index (κ1) is 16.1. The molecule has 2 aliphatic rings. The lowest BCUT2D eigenvalue weighted by atomic mass is 9.79. The van der Waals surface area contributed by atoms with Crippen LogP contribution in [-0.4, -0.2) is 46.4 Å². The van der Waals surface area contributed by atoms with Crippen molar-refractivity contribution in [3.8, 4) is 0 Å². The fourth-order valence-corrected chi connectivity index (χ4v) is 4.87. The number of methoxy groups -OCH3 is 1. The number of aryl methyl sites for hydroxylation is 2. The van der Waals surface area contributed by atoms with E-state index in [9.17, 15) is 5.11 Å². The van der Waals surface area contributed by atoms with Gasteiger partial charge in [0.15, 0.2) is 0 Å². The number of ether oxygens (including phenoxy) is 1. The van der Waals surface area contributed by atoms with Crippen molar-refractivity contribution in [2.24, 2.45) is 0 Å². The molecule has 2 N–H and O–H groups in total. The molecule has 2 fully saturated rings. The first-order chi connectivity index (χ1) is 11.5. The van der Waals surface area contributed by atoms with Crippen LogP contribution in [-0.2, 0) is 11.3 Å². The lowest BCUT2D eigenvalue weighted by molar-refractivity contribution is -0.0880. The van der Waals surface area contributed by atoms with Gasteiger partial charge < -0.3 is 14.8 Å². The summed E-state index contributed by atoms with van der Waals surface area (Å²) in [7, 11) is 1.84. The Morgan fingerprint density at radius 2 is 2.17 bits per heavy atom. The van der Waals surface area contributed by atoms with Crippen LogP contribution in [0.15, 0.2) is 18.2 Å². The molecule has 130 valence electrons. The molecule has 4 nitrogen and oxygen atoms in total. The number of aromatic amines is 1. The van der Waals surface area contributed by atoms with Gasteiger partial charge in [-0.05, 0) is 50.7 Å². The Morgan fingerprint density at radius 3 is 2.92 bits per heavy atom. The molecule has 4 heteroatoms. The van der Waals surface area contributed by atoms with Gasteiger partial charge in [0, 0.05) is 42.8 Å². The second kappa shape index (κ2) is 5.87. The lowest BCUT2D eigenvalue weighted by Gasteiger charge is -2.42. The summed E-state index contributed by atoms with van der Waals surface area (Å²) in [6.07, 6.45) is 3.54. The average Bonchev–Trinajstić information content (AvgIpc) is 3.09. The minimum atomic E-state index is -0.190. The van der Waals surface area contributed by atoms with Crippen LogP contribution in [0.1, 0.15) is 42.5 Å². The van der Waals surface area contributed by atoms with Gasteiger partial charge in [0.2, 0.25) is 0 Å². The number of rotatable bonds is 3. The number of aliphatic hydroxyl groups is 1. The molecule has 0 radical (unpaired) electrons. The van der Waals surface area contributed by atoms with Crippen molar-refractivity contribution in [3.05, 3.63) is 35.0 Å². The number of hydrogen-bond acceptors (Lipinski definition) is 3. The van der Waals surface area contributed by atoms with Crippen molar-refractivity contribution in [2.75, 3.05) is 13.7 Å². The van der Waals surface area contributed by atoms with Crippen molar-refractivity contribution in [1.82, 2.24) is 9.88 Å². The van der Waals surface area contributed by atoms with E-state index in [1.807, 2.05) is 7.11 Å². The largest absolute Gasteiger partial charge is 0.393 e. The number of benzene rings is 1. The summed E-state index contributed by atoms with van der Waals surface area (Å²) in [6.45, 7) is 6.32. The first-order valence-corrected chi connectivity index (χ1v) is 9.08. The summed E-state index contributed by atoms with van der Waals surface area (Å²) in [5.74, 6) is 0. The van der Waals surface area contributed by atoms with E-state index in [1.54, 1.807) is 0 Å². The van der Waals surface area contributed by atoms with Crippen LogP contribution in [0.5, 0.6) is 0 Å². The van der Waals surface area contributed by atoms with Crippen molar-refractivity contribution in [3.63, 3.8) is 0 Å². The predicted molar refractivity (Wildman–Crippen MR) is 96.2 cm³/mol. The minimum absolute atomic E-state index is 0.0604. The van der Waals surface area contributed by atoms with Crippen LogP contribution in [0.3, 0.4) is 0 Å². The maximum Gasteiger partial charge on any atom is 0.0847 e. The number of likely N-dealkylation sites (tertiary alicyclic amines) is 1. The third kappa shape index (κ3) is 2.40. The zero-order chi connectivity index (χ0) is 16.9. The summed E-state index contributed by atoms with van der Waals surface area (Å²) >= 11 is 0. The molecule has 1 aromatic heterocycles. The van der Waals surface area contributed by atoms with Crippen molar-refractivity contribution in [2.45, 2.75) is 63.8 Å². The average molecular weight is 328 g/mol. The van der Waals surface area contributed by atoms with Gasteiger partial charge in [-0.1, -0.05) is 18.2 Å². The molecule has 3 atom stereocenters. The molecule has 1 saturated carbocycles. The van der Waals surface area contributed by atoms with Crippen LogP contribution in [0.25, 0.3) is 10.9 Å². The number of H-pyrrole nitrogens is 1. The molecule has 1 aliphatic heterocycles. The Labute approximate surface area is 143 Å². The second-order valence-corrected chi connectivity index (χ2v) is 7.66. The highest BCUT2D eigenvalue weighted by Gasteiger charge is 2.50. The molecular formula is C20H28N2O2. The number of hydrogen-bond donors (Lipinski definition) is 2. The normalized spacial score (nSPS) is 30.8. The Kier molecular flexibility index (Phi) is 3.94. The highest BCUT2D eigenvalue weighted by Crippen LogP contribution is 2.43. The smallest absolute Gasteiger partial charge is 0.0847 e. The quantitative estimate of drug-likeness (QED) is 0.909. The fraction of sp³-hybridized carbons (Fsp3) is 0.600. The highest BCUT2D eigenvalue weighted by molar-refractivity contribution is 5.86. The molecule has 24 heavy (non-hydrogen) atoms. The third-order valence-corrected chi connectivity index (χ3v) is 6.44. The molecule has 0 bridgehead atoms. The van der Waals surface area contributed by atoms with Gasteiger partial charge in [-0.15, -0.1) is 0 Å². The highest BCUT2D eigenvalue weighted by atomic mass is 16.5. The van der Waals surface area contributed by atoms with Gasteiger partial charge in [0.05, 0.1) is 11.7 Å². The van der Waals surface area contributed by atoms with Crippen LogP contribution in [0, 0.1) is 13.8 Å². The number of aromatic nitrogens is 1. The van der Waals surface area contributed by atoms with E-state index in [0.29, 0.717) is 6.04 Å². The second-order valence-electron chi connectivity index (χ2n) is 7.66. The summed E-state index contributed by atoms with van der Waals surface area (Å²) in [6, 6.07) is 6.81. The number of para-hydroxylation sites is 1. The topological polar surface area (TPSA) is 48.5 Å². The Balaban J connectivity index is 1.64. The number of nitrogens with one attached hydrogen (secondary N) is 1. The van der Waals surface area contributed by atoms with Crippen LogP contribution >= 0.6 is 0 Å². The monoisotopic (exact) mass is 328 g/mol. The van der Waals surface area contributed by atoms with Crippen molar-refractivity contribution >= 4 is 10.9 Å². The molecule has 1 aromatic carbocycles. The van der Waals surface area contributed by atoms with E-state index in [-0.39, 0.29) is 11.7 Å². The van der Waals surface area contributed by atoms with Crippen LogP contribution in [0.2, 0.25) is 0 Å². The maximum absolute atomic E-state index is 10.2. The number of nitrogens with zero attached hydrogens (tertiary/aromatic N) is 1. The number of aliphatic hydroxyl groups excluding tert-OH is 1. The Morgan fingerprint density at radius 1 is 1.33 bits per heavy atom. The Hall–Kier alpha value is -1.36. The molecule has 0 spiro atoms. The zero-order valence-electron chi connectivity index (χ0n) is 14.9. The van der Waals surface area contributed by atoms with E-state index in [2.05, 4.69) is 41.9 Å². The minimum Gasteiger partial charge on any atom is -0.393 e. The molecule has 2 heterocycles. The standard InChI is InChI=1S/C20H28N2O2/c1-13-5-4-6-16-14(2)17(21-19(13)16)12-22-10-9-20(24-3)8-7-15(23)11-18(20)22/h4-6,15,18,21,23H,7-12H2,1-3H3/t15-,18-,20+/m0/s1. The van der Waals surface area contributed by atoms with Gasteiger partial charge in [0.25, 0.3) is 0 Å². The molecule has 2 aromatic rings.